The highest BCUT2D eigenvalue weighted by Crippen LogP contribution is 2.23. The fraction of sp³-hybridized carbons (Fsp3) is 0.419. The lowest BCUT2D eigenvalue weighted by Gasteiger charge is -2.25. The Balaban J connectivity index is 1.49. The Morgan fingerprint density at radius 2 is 1.18 bits per heavy atom. The van der Waals surface area contributed by atoms with Crippen LogP contribution in [-0.4, -0.2) is 70.0 Å². The van der Waals surface area contributed by atoms with E-state index in [0.717, 1.165) is 88.4 Å². The molecule has 0 bridgehead atoms. The zero-order chi connectivity index (χ0) is 27.2. The molecule has 3 N–H and O–H groups in total. The Bertz CT molecular complexity index is 1150. The number of hydrogen-bond donors (Lipinski definition) is 3. The number of hydrogen-bond acceptors (Lipinski definition) is 6. The molecule has 3 aromatic carbocycles. The molecule has 39 heavy (non-hydrogen) atoms. The summed E-state index contributed by atoms with van der Waals surface area (Å²) in [6.45, 7) is 9.18. The monoisotopic (exact) mass is 549 g/mol. The van der Waals surface area contributed by atoms with E-state index in [1.54, 1.807) is 10.4 Å². The van der Waals surface area contributed by atoms with Crippen molar-refractivity contribution in [3.05, 3.63) is 102 Å². The van der Waals surface area contributed by atoms with Crippen molar-refractivity contribution >= 4 is 10.0 Å². The van der Waals surface area contributed by atoms with Crippen LogP contribution in [0.1, 0.15) is 29.5 Å². The Hall–Kier alpha value is -2.59. The topological polar surface area (TPSA) is 76.7 Å². The maximum absolute atomic E-state index is 14.0. The molecule has 0 aromatic heterocycles. The van der Waals surface area contributed by atoms with Crippen LogP contribution >= 0.6 is 0 Å². The van der Waals surface area contributed by atoms with Crippen molar-refractivity contribution in [2.45, 2.75) is 37.4 Å². The van der Waals surface area contributed by atoms with Crippen LogP contribution in [-0.2, 0) is 29.7 Å². The average molecular weight is 550 g/mol. The molecule has 0 aliphatic carbocycles. The predicted molar refractivity (Wildman–Crippen MR) is 159 cm³/mol. The van der Waals surface area contributed by atoms with Crippen LogP contribution in [0.15, 0.2) is 89.8 Å². The molecule has 0 spiro atoms. The van der Waals surface area contributed by atoms with E-state index in [1.807, 2.05) is 78.9 Å². The summed E-state index contributed by atoms with van der Waals surface area (Å²) in [6.07, 6.45) is 2.17. The van der Waals surface area contributed by atoms with Crippen LogP contribution in [0, 0.1) is 0 Å². The van der Waals surface area contributed by atoms with Gasteiger partial charge in [0.05, 0.1) is 4.90 Å². The highest BCUT2D eigenvalue weighted by Gasteiger charge is 2.25. The smallest absolute Gasteiger partial charge is 0.243 e. The largest absolute Gasteiger partial charge is 0.315 e. The molecule has 0 unspecified atom stereocenters. The Kier molecular flexibility index (Phi) is 12.0. The van der Waals surface area contributed by atoms with Crippen molar-refractivity contribution in [3.63, 3.8) is 0 Å². The van der Waals surface area contributed by atoms with Crippen molar-refractivity contribution in [2.24, 2.45) is 0 Å². The maximum Gasteiger partial charge on any atom is 0.243 e. The first-order chi connectivity index (χ1) is 19.1. The predicted octanol–water partition coefficient (Wildman–Crippen LogP) is 3.44. The summed E-state index contributed by atoms with van der Waals surface area (Å²) in [7, 11) is -3.71. The summed E-state index contributed by atoms with van der Waals surface area (Å²) in [5.41, 5.74) is 2.96. The van der Waals surface area contributed by atoms with Gasteiger partial charge in [-0.2, -0.15) is 4.31 Å². The lowest BCUT2D eigenvalue weighted by Crippen LogP contribution is -2.36. The lowest BCUT2D eigenvalue weighted by molar-refractivity contribution is 0.259. The third-order valence-corrected chi connectivity index (χ3v) is 8.75. The standard InChI is InChI=1S/C31H43N5O2S/c37-39(38,36(26-28-10-3-1-4-11-28)27-29-12-5-2-6-13-29)31-15-7-14-30(24-31)25-35-22-9-18-33-20-19-32-16-8-17-34-21-23-35/h1-7,10-15,24,32-34H,8-9,16-23,25-27H2. The van der Waals surface area contributed by atoms with Gasteiger partial charge in [0.15, 0.2) is 0 Å². The Morgan fingerprint density at radius 1 is 0.615 bits per heavy atom. The first-order valence-corrected chi connectivity index (χ1v) is 15.6. The fourth-order valence-electron chi connectivity index (χ4n) is 4.84. The average Bonchev–Trinajstić information content (AvgIpc) is 2.96. The fourth-order valence-corrected chi connectivity index (χ4v) is 6.32. The van der Waals surface area contributed by atoms with Gasteiger partial charge in [0, 0.05) is 45.8 Å². The van der Waals surface area contributed by atoms with E-state index in [1.165, 1.54) is 0 Å². The van der Waals surface area contributed by atoms with E-state index in [4.69, 9.17) is 0 Å². The zero-order valence-corrected chi connectivity index (χ0v) is 23.7. The van der Waals surface area contributed by atoms with Crippen molar-refractivity contribution < 1.29 is 8.42 Å². The normalized spacial score (nSPS) is 17.1. The molecule has 4 rings (SSSR count). The molecule has 0 radical (unpaired) electrons. The Labute approximate surface area is 234 Å². The number of nitrogens with one attached hydrogen (secondary N) is 3. The van der Waals surface area contributed by atoms with E-state index in [2.05, 4.69) is 20.9 Å². The quantitative estimate of drug-likeness (QED) is 0.400. The van der Waals surface area contributed by atoms with Crippen molar-refractivity contribution in [1.29, 1.82) is 0 Å². The van der Waals surface area contributed by atoms with E-state index in [-0.39, 0.29) is 0 Å². The van der Waals surface area contributed by atoms with Gasteiger partial charge in [0.2, 0.25) is 10.0 Å². The van der Waals surface area contributed by atoms with Gasteiger partial charge >= 0.3 is 0 Å². The molecule has 1 aliphatic heterocycles. The highest BCUT2D eigenvalue weighted by molar-refractivity contribution is 7.89. The van der Waals surface area contributed by atoms with Crippen molar-refractivity contribution in [2.75, 3.05) is 52.4 Å². The van der Waals surface area contributed by atoms with Gasteiger partial charge in [-0.05, 0) is 67.8 Å². The summed E-state index contributed by atoms with van der Waals surface area (Å²) in [6, 6.07) is 27.1. The molecule has 0 saturated carbocycles. The van der Waals surface area contributed by atoms with Crippen LogP contribution < -0.4 is 16.0 Å². The number of benzene rings is 3. The van der Waals surface area contributed by atoms with Gasteiger partial charge in [-0.3, -0.25) is 4.90 Å². The third-order valence-electron chi connectivity index (χ3n) is 6.96. The zero-order valence-electron chi connectivity index (χ0n) is 22.9. The molecule has 0 atom stereocenters. The lowest BCUT2D eigenvalue weighted by atomic mass is 10.2. The van der Waals surface area contributed by atoms with E-state index in [9.17, 15) is 8.42 Å². The number of sulfonamides is 1. The minimum absolute atomic E-state index is 0.322. The highest BCUT2D eigenvalue weighted by atomic mass is 32.2. The van der Waals surface area contributed by atoms with Crippen molar-refractivity contribution in [1.82, 2.24) is 25.2 Å². The molecular formula is C31H43N5O2S. The molecule has 1 aliphatic rings. The van der Waals surface area contributed by atoms with Crippen LogP contribution in [0.5, 0.6) is 0 Å². The second kappa shape index (κ2) is 15.9. The minimum atomic E-state index is -3.71. The van der Waals surface area contributed by atoms with Gasteiger partial charge in [-0.25, -0.2) is 8.42 Å². The molecule has 210 valence electrons. The van der Waals surface area contributed by atoms with Crippen molar-refractivity contribution in [3.8, 4) is 0 Å². The van der Waals surface area contributed by atoms with Crippen LogP contribution in [0.4, 0.5) is 0 Å². The number of rotatable bonds is 8. The van der Waals surface area contributed by atoms with Crippen LogP contribution in [0.3, 0.4) is 0 Å². The molecule has 8 heteroatoms. The molecule has 3 aromatic rings. The van der Waals surface area contributed by atoms with Gasteiger partial charge in [-0.15, -0.1) is 0 Å². The second-order valence-electron chi connectivity index (χ2n) is 10.1. The summed E-state index contributed by atoms with van der Waals surface area (Å²) < 4.78 is 29.6. The second-order valence-corrected chi connectivity index (χ2v) is 12.1. The molecule has 0 amide bonds. The number of nitrogens with zero attached hydrogens (tertiary/aromatic N) is 2. The summed E-state index contributed by atoms with van der Waals surface area (Å²) in [5, 5.41) is 10.5. The maximum atomic E-state index is 14.0. The Morgan fingerprint density at radius 3 is 1.82 bits per heavy atom. The van der Waals surface area contributed by atoms with E-state index < -0.39 is 10.0 Å². The van der Waals surface area contributed by atoms with Crippen LogP contribution in [0.2, 0.25) is 0 Å². The molecule has 7 nitrogen and oxygen atoms in total. The van der Waals surface area contributed by atoms with Gasteiger partial charge in [0.1, 0.15) is 0 Å². The van der Waals surface area contributed by atoms with Gasteiger partial charge in [0.25, 0.3) is 0 Å². The van der Waals surface area contributed by atoms with E-state index in [0.29, 0.717) is 18.0 Å². The molecule has 1 saturated heterocycles. The molecule has 1 heterocycles. The first-order valence-electron chi connectivity index (χ1n) is 14.1. The van der Waals surface area contributed by atoms with Gasteiger partial charge in [-0.1, -0.05) is 72.8 Å². The molecule has 1 fully saturated rings. The van der Waals surface area contributed by atoms with Gasteiger partial charge < -0.3 is 16.0 Å². The SMILES string of the molecule is O=S(=O)(c1cccc(CN2CCCNCCNCCCNCC2)c1)N(Cc1ccccc1)Cc1ccccc1. The summed E-state index contributed by atoms with van der Waals surface area (Å²) >= 11 is 0. The summed E-state index contributed by atoms with van der Waals surface area (Å²) in [4.78, 5) is 2.78. The first kappa shape index (κ1) is 29.4. The minimum Gasteiger partial charge on any atom is -0.315 e. The third kappa shape index (κ3) is 9.83. The van der Waals surface area contributed by atoms with Crippen LogP contribution in [0.25, 0.3) is 0 Å². The molecular weight excluding hydrogens is 506 g/mol. The van der Waals surface area contributed by atoms with E-state index >= 15 is 0 Å². The summed E-state index contributed by atoms with van der Waals surface area (Å²) in [5.74, 6) is 0.